The fraction of sp³-hybridized carbons (Fsp3) is 0.273. The number of carbonyl (C=O) groups excluding carboxylic acids is 2. The number of aromatic nitrogens is 4. The Labute approximate surface area is 251 Å². The number of nitrogen functional groups attached to an aromatic ring is 2. The zero-order valence-electron chi connectivity index (χ0n) is 22.3. The van der Waals surface area contributed by atoms with E-state index in [0.717, 1.165) is 16.1 Å². The number of ether oxygens (including phenoxy) is 1. The summed E-state index contributed by atoms with van der Waals surface area (Å²) in [5, 5.41) is 32.3. The van der Waals surface area contributed by atoms with Crippen LogP contribution in [0.2, 0.25) is 0 Å². The van der Waals surface area contributed by atoms with E-state index in [1.165, 1.54) is 35.8 Å². The predicted molar refractivity (Wildman–Crippen MR) is 151 cm³/mol. The monoisotopic (exact) mass is 651 g/mol. The van der Waals surface area contributed by atoms with Crippen molar-refractivity contribution in [1.29, 1.82) is 5.41 Å². The van der Waals surface area contributed by atoms with Gasteiger partial charge in [0.1, 0.15) is 36.0 Å². The summed E-state index contributed by atoms with van der Waals surface area (Å²) in [6.07, 6.45) is -0.429. The van der Waals surface area contributed by atoms with Crippen molar-refractivity contribution in [2.24, 2.45) is 16.6 Å². The van der Waals surface area contributed by atoms with Crippen molar-refractivity contribution in [1.82, 2.24) is 29.6 Å². The van der Waals surface area contributed by atoms with Crippen LogP contribution < -0.4 is 27.3 Å². The van der Waals surface area contributed by atoms with Crippen LogP contribution in [0.5, 0.6) is 5.75 Å². The number of oxime groups is 1. The number of nitrogens with two attached hydrogens (primary N) is 3. The highest BCUT2D eigenvalue weighted by atomic mass is 32.2. The number of carboxylic acid groups (broad SMARTS) is 1. The number of hydrogen-bond acceptors (Lipinski definition) is 15. The van der Waals surface area contributed by atoms with Crippen molar-refractivity contribution in [2.75, 3.05) is 12.3 Å². The molecule has 10 N–H and O–H groups in total. The zero-order chi connectivity index (χ0) is 32.2. The molecule has 2 amide bonds. The quantitative estimate of drug-likeness (QED) is 0.0312. The van der Waals surface area contributed by atoms with Gasteiger partial charge in [-0.2, -0.15) is 23.4 Å². The normalized spacial score (nSPS) is 17.5. The maximum Gasteiger partial charge on any atom is 0.362 e. The lowest BCUT2D eigenvalue weighted by molar-refractivity contribution is -0.152. The molecule has 4 rings (SSSR count). The molecule has 3 heterocycles. The SMILES string of the molecule is N=C(N)c1ccc(OCC(ON=C(C(=O)N[C@@H]2C(=O)N(S(=O)(=O)O)[C@@H]2Cn2ncc(CN)n2)c2csc(N)n2)C(=O)O)cc1. The lowest BCUT2D eigenvalue weighted by Gasteiger charge is -2.43. The number of anilines is 1. The minimum absolute atomic E-state index is 0.0169. The van der Waals surface area contributed by atoms with E-state index in [-0.39, 0.29) is 39.8 Å². The molecule has 1 aliphatic heterocycles. The van der Waals surface area contributed by atoms with Gasteiger partial charge in [0.25, 0.3) is 17.9 Å². The highest BCUT2D eigenvalue weighted by molar-refractivity contribution is 7.84. The largest absolute Gasteiger partial charge is 0.489 e. The average molecular weight is 652 g/mol. The number of benzene rings is 1. The fourth-order valence-corrected chi connectivity index (χ4v) is 5.22. The van der Waals surface area contributed by atoms with Crippen molar-refractivity contribution in [3.05, 3.63) is 52.8 Å². The van der Waals surface area contributed by atoms with E-state index >= 15 is 0 Å². The smallest absolute Gasteiger partial charge is 0.362 e. The summed E-state index contributed by atoms with van der Waals surface area (Å²) in [6.45, 7) is -0.910. The average Bonchev–Trinajstić information content (AvgIpc) is 3.61. The van der Waals surface area contributed by atoms with E-state index in [9.17, 15) is 32.5 Å². The van der Waals surface area contributed by atoms with Crippen LogP contribution >= 0.6 is 11.3 Å². The first kappa shape index (κ1) is 31.7. The number of carbonyl (C=O) groups is 3. The maximum atomic E-state index is 13.3. The number of rotatable bonds is 14. The Kier molecular flexibility index (Phi) is 9.37. The molecule has 0 aliphatic carbocycles. The Morgan fingerprint density at radius 1 is 1.27 bits per heavy atom. The first-order valence-electron chi connectivity index (χ1n) is 12.2. The molecule has 0 radical (unpaired) electrons. The number of amidine groups is 1. The first-order chi connectivity index (χ1) is 20.8. The number of β-lactam (4-membered cyclic amide) rings is 1. The van der Waals surface area contributed by atoms with Gasteiger partial charge in [-0.05, 0) is 24.3 Å². The summed E-state index contributed by atoms with van der Waals surface area (Å²) in [5.74, 6) is -3.75. The number of nitrogens with one attached hydrogen (secondary N) is 2. The maximum absolute atomic E-state index is 13.3. The minimum Gasteiger partial charge on any atom is -0.489 e. The molecule has 22 heteroatoms. The number of thiazole rings is 1. The molecule has 0 bridgehead atoms. The molecule has 234 valence electrons. The second-order valence-corrected chi connectivity index (χ2v) is 11.1. The molecular formula is C22H25N11O9S2. The van der Waals surface area contributed by atoms with Crippen LogP contribution in [0.1, 0.15) is 17.0 Å². The summed E-state index contributed by atoms with van der Waals surface area (Å²) >= 11 is 0.919. The molecule has 3 aromatic rings. The van der Waals surface area contributed by atoms with Crippen LogP contribution in [-0.2, 0) is 42.6 Å². The lowest BCUT2D eigenvalue weighted by Crippen LogP contribution is -2.73. The Hall–Kier alpha value is -5.19. The molecule has 1 saturated heterocycles. The van der Waals surface area contributed by atoms with Crippen LogP contribution in [0.4, 0.5) is 5.13 Å². The second kappa shape index (κ2) is 13.0. The molecule has 1 aromatic carbocycles. The van der Waals surface area contributed by atoms with Crippen LogP contribution in [0.3, 0.4) is 0 Å². The number of amides is 2. The third kappa shape index (κ3) is 7.23. The van der Waals surface area contributed by atoms with E-state index in [4.69, 9.17) is 32.2 Å². The van der Waals surface area contributed by atoms with Gasteiger partial charge in [-0.15, -0.1) is 11.3 Å². The van der Waals surface area contributed by atoms with Gasteiger partial charge in [-0.3, -0.25) is 19.6 Å². The van der Waals surface area contributed by atoms with E-state index in [1.807, 2.05) is 0 Å². The molecular weight excluding hydrogens is 626 g/mol. The summed E-state index contributed by atoms with van der Waals surface area (Å²) in [5.41, 5.74) is 16.6. The van der Waals surface area contributed by atoms with Gasteiger partial charge in [0, 0.05) is 17.5 Å². The van der Waals surface area contributed by atoms with Gasteiger partial charge < -0.3 is 37.2 Å². The molecule has 1 fully saturated rings. The van der Waals surface area contributed by atoms with Crippen LogP contribution in [0.25, 0.3) is 0 Å². The molecule has 1 unspecified atom stereocenters. The highest BCUT2D eigenvalue weighted by Crippen LogP contribution is 2.25. The molecule has 0 spiro atoms. The Bertz CT molecular complexity index is 1710. The van der Waals surface area contributed by atoms with Crippen LogP contribution in [0, 0.1) is 5.41 Å². The topological polar surface area (TPSA) is 317 Å². The van der Waals surface area contributed by atoms with Crippen molar-refractivity contribution < 1.29 is 42.0 Å². The van der Waals surface area contributed by atoms with Crippen molar-refractivity contribution >= 4 is 56.1 Å². The summed E-state index contributed by atoms with van der Waals surface area (Å²) in [7, 11) is -5.03. The van der Waals surface area contributed by atoms with Crippen LogP contribution in [-0.4, -0.2) is 96.5 Å². The Morgan fingerprint density at radius 3 is 2.52 bits per heavy atom. The summed E-state index contributed by atoms with van der Waals surface area (Å²) in [6, 6.07) is 2.99. The van der Waals surface area contributed by atoms with E-state index in [0.29, 0.717) is 11.3 Å². The second-order valence-electron chi connectivity index (χ2n) is 8.92. The van der Waals surface area contributed by atoms with Crippen molar-refractivity contribution in [3.8, 4) is 5.75 Å². The summed E-state index contributed by atoms with van der Waals surface area (Å²) in [4.78, 5) is 47.9. The van der Waals surface area contributed by atoms with E-state index < -0.39 is 58.6 Å². The van der Waals surface area contributed by atoms with Gasteiger partial charge in [0.05, 0.1) is 18.4 Å². The van der Waals surface area contributed by atoms with Crippen LogP contribution in [0.15, 0.2) is 41.0 Å². The minimum atomic E-state index is -5.03. The number of nitrogens with zero attached hydrogens (tertiary/aromatic N) is 6. The molecule has 44 heavy (non-hydrogen) atoms. The van der Waals surface area contributed by atoms with E-state index in [1.54, 1.807) is 0 Å². The van der Waals surface area contributed by atoms with Gasteiger partial charge in [-0.25, -0.2) is 14.1 Å². The first-order valence-corrected chi connectivity index (χ1v) is 14.5. The number of hydrogen-bond donors (Lipinski definition) is 7. The third-order valence-electron chi connectivity index (χ3n) is 5.94. The van der Waals surface area contributed by atoms with Gasteiger partial charge in [-0.1, -0.05) is 5.16 Å². The summed E-state index contributed by atoms with van der Waals surface area (Å²) < 4.78 is 38.9. The molecule has 3 atom stereocenters. The molecule has 0 saturated carbocycles. The van der Waals surface area contributed by atoms with Gasteiger partial charge >= 0.3 is 16.3 Å². The predicted octanol–water partition coefficient (Wildman–Crippen LogP) is -2.49. The standard InChI is InChI=1S/C22H25N11O9S2/c23-5-11-6-27-32(30-11)7-14-17(20(35)33(14)44(38,39)40)29-19(34)16(13-9-43-22(26)28-13)31-42-15(21(36)37)8-41-12-3-1-10(2-4-12)18(24)25/h1-4,6,9,14-15,17H,5,7-8,23H2,(H3,24,25)(H2,26,28)(H,29,34)(H,36,37)(H,38,39,40)/t14-,15?,17+/m1/s1. The Balaban J connectivity index is 1.53. The molecule has 20 nitrogen and oxygen atoms in total. The van der Waals surface area contributed by atoms with Gasteiger partial charge in [0.2, 0.25) is 0 Å². The van der Waals surface area contributed by atoms with Crippen molar-refractivity contribution in [2.45, 2.75) is 31.3 Å². The number of aliphatic carboxylic acids is 1. The zero-order valence-corrected chi connectivity index (χ0v) is 23.9. The van der Waals surface area contributed by atoms with Gasteiger partial charge in [0.15, 0.2) is 10.8 Å². The molecule has 1 aliphatic rings. The Morgan fingerprint density at radius 2 is 1.98 bits per heavy atom. The third-order valence-corrected chi connectivity index (χ3v) is 7.56. The highest BCUT2D eigenvalue weighted by Gasteiger charge is 2.54. The van der Waals surface area contributed by atoms with E-state index in [2.05, 4.69) is 25.7 Å². The van der Waals surface area contributed by atoms with Crippen molar-refractivity contribution in [3.63, 3.8) is 0 Å². The molecule has 2 aromatic heterocycles. The lowest BCUT2D eigenvalue weighted by atomic mass is 9.98. The number of carboxylic acids is 1. The fourth-order valence-electron chi connectivity index (χ4n) is 3.80.